The van der Waals surface area contributed by atoms with E-state index in [4.69, 9.17) is 4.74 Å². The number of sulfonamides is 1. The van der Waals surface area contributed by atoms with Crippen LogP contribution in [0.15, 0.2) is 93.6 Å². The number of rotatable bonds is 6. The standard InChI is InChI=1S/C29H28N2O5S2/c32-28(31-24-9-3-5-11-26(24)37-27-12-6-4-10-25(27)31)21-36-29(33)18-15-22-13-16-23(17-14-22)38(34,35)30-19-7-1-2-8-20-30/h3-6,9-18H,1-2,7-8,19-21H2. The molecular weight excluding hydrogens is 520 g/mol. The minimum atomic E-state index is -3.53. The number of hydrogen-bond donors (Lipinski definition) is 0. The first-order valence-corrected chi connectivity index (χ1v) is 14.8. The van der Waals surface area contributed by atoms with E-state index in [-0.39, 0.29) is 10.8 Å². The largest absolute Gasteiger partial charge is 0.452 e. The summed E-state index contributed by atoms with van der Waals surface area (Å²) in [6.45, 7) is 0.674. The van der Waals surface area contributed by atoms with Crippen molar-refractivity contribution >= 4 is 51.1 Å². The van der Waals surface area contributed by atoms with Crippen LogP contribution in [0.4, 0.5) is 11.4 Å². The molecule has 3 aromatic carbocycles. The molecule has 7 nitrogen and oxygen atoms in total. The van der Waals surface area contributed by atoms with E-state index in [9.17, 15) is 18.0 Å². The monoisotopic (exact) mass is 548 g/mol. The molecule has 196 valence electrons. The molecule has 5 rings (SSSR count). The van der Waals surface area contributed by atoms with Crippen molar-refractivity contribution in [1.29, 1.82) is 0 Å². The highest BCUT2D eigenvalue weighted by Gasteiger charge is 2.28. The number of esters is 1. The topological polar surface area (TPSA) is 84.0 Å². The number of carbonyl (C=O) groups excluding carboxylic acids is 2. The molecule has 1 saturated heterocycles. The van der Waals surface area contributed by atoms with E-state index in [0.29, 0.717) is 18.7 Å². The van der Waals surface area contributed by atoms with Crippen LogP contribution >= 0.6 is 11.8 Å². The number of ether oxygens (including phenoxy) is 1. The van der Waals surface area contributed by atoms with Gasteiger partial charge in [-0.25, -0.2) is 13.2 Å². The van der Waals surface area contributed by atoms with Crippen LogP contribution in [0.2, 0.25) is 0 Å². The summed E-state index contributed by atoms with van der Waals surface area (Å²) in [6, 6.07) is 21.6. The van der Waals surface area contributed by atoms with E-state index in [0.717, 1.165) is 46.8 Å². The van der Waals surface area contributed by atoms with Crippen molar-refractivity contribution in [3.8, 4) is 0 Å². The molecule has 1 amide bonds. The molecule has 2 aliphatic heterocycles. The van der Waals surface area contributed by atoms with Gasteiger partial charge in [0.2, 0.25) is 10.0 Å². The Kier molecular flexibility index (Phi) is 7.97. The number of anilines is 2. The Morgan fingerprint density at radius 2 is 1.39 bits per heavy atom. The first-order chi connectivity index (χ1) is 18.4. The van der Waals surface area contributed by atoms with Gasteiger partial charge in [-0.2, -0.15) is 4.31 Å². The number of para-hydroxylation sites is 2. The Bertz CT molecular complexity index is 1410. The maximum atomic E-state index is 13.1. The fourth-order valence-electron chi connectivity index (χ4n) is 4.57. The molecule has 0 saturated carbocycles. The second-order valence-corrected chi connectivity index (χ2v) is 12.1. The summed E-state index contributed by atoms with van der Waals surface area (Å²) in [5, 5.41) is 0. The lowest BCUT2D eigenvalue weighted by Crippen LogP contribution is -2.32. The second kappa shape index (κ2) is 11.6. The number of benzene rings is 3. The van der Waals surface area contributed by atoms with E-state index >= 15 is 0 Å². The minimum Gasteiger partial charge on any atom is -0.452 e. The smallest absolute Gasteiger partial charge is 0.331 e. The fourth-order valence-corrected chi connectivity index (χ4v) is 7.14. The van der Waals surface area contributed by atoms with Crippen LogP contribution in [0.3, 0.4) is 0 Å². The number of nitrogens with zero attached hydrogens (tertiary/aromatic N) is 2. The van der Waals surface area contributed by atoms with Gasteiger partial charge in [-0.05, 0) is 60.9 Å². The van der Waals surface area contributed by atoms with Crippen LogP contribution in [-0.2, 0) is 24.3 Å². The average molecular weight is 549 g/mol. The number of carbonyl (C=O) groups is 2. The predicted octanol–water partition coefficient (Wildman–Crippen LogP) is 5.64. The van der Waals surface area contributed by atoms with Crippen molar-refractivity contribution in [2.45, 2.75) is 40.4 Å². The molecule has 1 fully saturated rings. The Morgan fingerprint density at radius 3 is 2.00 bits per heavy atom. The molecule has 38 heavy (non-hydrogen) atoms. The van der Waals surface area contributed by atoms with Gasteiger partial charge in [0.15, 0.2) is 6.61 Å². The van der Waals surface area contributed by atoms with Crippen molar-refractivity contribution in [3.63, 3.8) is 0 Å². The number of fused-ring (bicyclic) bond motifs is 2. The molecule has 0 unspecified atom stereocenters. The van der Waals surface area contributed by atoms with E-state index in [1.807, 2.05) is 48.5 Å². The lowest BCUT2D eigenvalue weighted by Gasteiger charge is -2.30. The second-order valence-electron chi connectivity index (χ2n) is 9.10. The Hall–Kier alpha value is -3.40. The third-order valence-corrected chi connectivity index (χ3v) is 9.56. The number of hydrogen-bond acceptors (Lipinski definition) is 6. The van der Waals surface area contributed by atoms with E-state index in [1.54, 1.807) is 45.2 Å². The average Bonchev–Trinajstić information content (AvgIpc) is 3.24. The summed E-state index contributed by atoms with van der Waals surface area (Å²) in [5.41, 5.74) is 2.16. The fraction of sp³-hybridized carbons (Fsp3) is 0.241. The third kappa shape index (κ3) is 5.70. The lowest BCUT2D eigenvalue weighted by atomic mass is 10.2. The van der Waals surface area contributed by atoms with E-state index in [1.165, 1.54) is 12.2 Å². The molecule has 0 atom stereocenters. The van der Waals surface area contributed by atoms with Crippen LogP contribution in [-0.4, -0.2) is 44.3 Å². The van der Waals surface area contributed by atoms with Crippen molar-refractivity contribution < 1.29 is 22.7 Å². The van der Waals surface area contributed by atoms with Gasteiger partial charge in [-0.1, -0.05) is 61.0 Å². The molecule has 2 heterocycles. The first-order valence-electron chi connectivity index (χ1n) is 12.6. The highest BCUT2D eigenvalue weighted by Crippen LogP contribution is 2.47. The highest BCUT2D eigenvalue weighted by atomic mass is 32.2. The summed E-state index contributed by atoms with van der Waals surface area (Å²) in [7, 11) is -3.53. The minimum absolute atomic E-state index is 0.241. The molecular formula is C29H28N2O5S2. The Morgan fingerprint density at radius 1 is 0.816 bits per heavy atom. The Labute approximate surface area is 227 Å². The van der Waals surface area contributed by atoms with Gasteiger partial charge in [0.05, 0.1) is 16.3 Å². The quantitative estimate of drug-likeness (QED) is 0.293. The van der Waals surface area contributed by atoms with Crippen molar-refractivity contribution in [2.24, 2.45) is 0 Å². The molecule has 2 aliphatic rings. The lowest BCUT2D eigenvalue weighted by molar-refractivity contribution is -0.142. The van der Waals surface area contributed by atoms with Gasteiger partial charge < -0.3 is 4.74 Å². The zero-order valence-corrected chi connectivity index (χ0v) is 22.4. The van der Waals surface area contributed by atoms with Gasteiger partial charge >= 0.3 is 5.97 Å². The van der Waals surface area contributed by atoms with Crippen LogP contribution in [0.1, 0.15) is 31.2 Å². The summed E-state index contributed by atoms with van der Waals surface area (Å²) in [5.74, 6) is -1.01. The molecule has 9 heteroatoms. The molecule has 0 radical (unpaired) electrons. The van der Waals surface area contributed by atoms with Crippen LogP contribution < -0.4 is 4.90 Å². The van der Waals surface area contributed by atoms with Crippen molar-refractivity contribution in [2.75, 3.05) is 24.6 Å². The molecule has 0 aliphatic carbocycles. The predicted molar refractivity (Wildman–Crippen MR) is 148 cm³/mol. The molecule has 3 aromatic rings. The highest BCUT2D eigenvalue weighted by molar-refractivity contribution is 7.99. The van der Waals surface area contributed by atoms with Gasteiger partial charge in [0.1, 0.15) is 0 Å². The van der Waals surface area contributed by atoms with Crippen molar-refractivity contribution in [1.82, 2.24) is 4.31 Å². The zero-order chi connectivity index (χ0) is 26.5. The first kappa shape index (κ1) is 26.2. The van der Waals surface area contributed by atoms with Gasteiger partial charge in [0, 0.05) is 29.0 Å². The van der Waals surface area contributed by atoms with Crippen LogP contribution in [0.5, 0.6) is 0 Å². The SMILES string of the molecule is O=C(C=Cc1ccc(S(=O)(=O)N2CCCCCC2)cc1)OCC(=O)N1c2ccccc2Sc2ccccc21. The normalized spacial score (nSPS) is 15.9. The molecule has 0 aromatic heterocycles. The summed E-state index contributed by atoms with van der Waals surface area (Å²) in [4.78, 5) is 29.2. The molecule has 0 bridgehead atoms. The van der Waals surface area contributed by atoms with E-state index in [2.05, 4.69) is 0 Å². The van der Waals surface area contributed by atoms with Gasteiger partial charge in [-0.3, -0.25) is 9.69 Å². The summed E-state index contributed by atoms with van der Waals surface area (Å²) >= 11 is 1.59. The van der Waals surface area contributed by atoms with Gasteiger partial charge in [-0.15, -0.1) is 0 Å². The van der Waals surface area contributed by atoms with Crippen LogP contribution in [0, 0.1) is 0 Å². The summed E-state index contributed by atoms with van der Waals surface area (Å²) < 4.78 is 32.7. The zero-order valence-electron chi connectivity index (χ0n) is 20.8. The van der Waals surface area contributed by atoms with Crippen molar-refractivity contribution in [3.05, 3.63) is 84.4 Å². The van der Waals surface area contributed by atoms with Gasteiger partial charge in [0.25, 0.3) is 5.91 Å². The Balaban J connectivity index is 1.21. The maximum Gasteiger partial charge on any atom is 0.331 e. The summed E-state index contributed by atoms with van der Waals surface area (Å²) in [6.07, 6.45) is 6.63. The van der Waals surface area contributed by atoms with Crippen LogP contribution in [0.25, 0.3) is 6.08 Å². The molecule has 0 N–H and O–H groups in total. The number of amides is 1. The maximum absolute atomic E-state index is 13.1. The third-order valence-electron chi connectivity index (χ3n) is 6.51. The molecule has 0 spiro atoms. The van der Waals surface area contributed by atoms with E-state index < -0.39 is 22.6 Å².